The lowest BCUT2D eigenvalue weighted by atomic mass is 9.95. The SMILES string of the molecule is COc1ccc2c(c1)NC(=O)C(C)(C)CS2. The van der Waals surface area contributed by atoms with Crippen LogP contribution >= 0.6 is 11.8 Å². The molecule has 0 aromatic heterocycles. The van der Waals surface area contributed by atoms with Crippen LogP contribution in [0.15, 0.2) is 23.1 Å². The van der Waals surface area contributed by atoms with Gasteiger partial charge in [-0.15, -0.1) is 11.8 Å². The van der Waals surface area contributed by atoms with E-state index in [-0.39, 0.29) is 11.3 Å². The maximum Gasteiger partial charge on any atom is 0.230 e. The molecule has 1 heterocycles. The Morgan fingerprint density at radius 2 is 2.19 bits per heavy atom. The van der Waals surface area contributed by atoms with Crippen LogP contribution in [0.1, 0.15) is 13.8 Å². The number of rotatable bonds is 1. The second-order valence-corrected chi connectivity index (χ2v) is 5.51. The molecule has 0 unspecified atom stereocenters. The maximum absolute atomic E-state index is 11.9. The number of amides is 1. The van der Waals surface area contributed by atoms with Gasteiger partial charge in [0.1, 0.15) is 5.75 Å². The van der Waals surface area contributed by atoms with E-state index in [9.17, 15) is 4.79 Å². The summed E-state index contributed by atoms with van der Waals surface area (Å²) in [5, 5.41) is 2.95. The number of fused-ring (bicyclic) bond motifs is 1. The van der Waals surface area contributed by atoms with Crippen LogP contribution in [0.3, 0.4) is 0 Å². The maximum atomic E-state index is 11.9. The lowest BCUT2D eigenvalue weighted by Gasteiger charge is -2.18. The van der Waals surface area contributed by atoms with Crippen LogP contribution in [-0.2, 0) is 4.79 Å². The van der Waals surface area contributed by atoms with E-state index in [4.69, 9.17) is 4.74 Å². The molecule has 0 bridgehead atoms. The van der Waals surface area contributed by atoms with Crippen molar-refractivity contribution in [2.45, 2.75) is 18.7 Å². The molecule has 1 N–H and O–H groups in total. The lowest BCUT2D eigenvalue weighted by Crippen LogP contribution is -2.31. The monoisotopic (exact) mass is 237 g/mol. The molecule has 0 saturated carbocycles. The molecule has 0 spiro atoms. The van der Waals surface area contributed by atoms with E-state index >= 15 is 0 Å². The summed E-state index contributed by atoms with van der Waals surface area (Å²) >= 11 is 1.70. The van der Waals surface area contributed by atoms with Gasteiger partial charge in [0, 0.05) is 16.7 Å². The topological polar surface area (TPSA) is 38.3 Å². The van der Waals surface area contributed by atoms with E-state index in [1.54, 1.807) is 18.9 Å². The van der Waals surface area contributed by atoms with Gasteiger partial charge in [-0.25, -0.2) is 0 Å². The molecule has 1 amide bonds. The summed E-state index contributed by atoms with van der Waals surface area (Å²) in [7, 11) is 1.62. The Morgan fingerprint density at radius 1 is 1.44 bits per heavy atom. The molecule has 3 nitrogen and oxygen atoms in total. The number of hydrogen-bond donors (Lipinski definition) is 1. The average molecular weight is 237 g/mol. The molecule has 2 rings (SSSR count). The molecular formula is C12H15NO2S. The molecule has 4 heteroatoms. The van der Waals surface area contributed by atoms with Crippen LogP contribution in [0.5, 0.6) is 5.75 Å². The molecule has 1 aliphatic rings. The molecular weight excluding hydrogens is 222 g/mol. The second kappa shape index (κ2) is 4.01. The number of thioether (sulfide) groups is 1. The predicted octanol–water partition coefficient (Wildman–Crippen LogP) is 2.77. The molecule has 0 atom stereocenters. The number of hydrogen-bond acceptors (Lipinski definition) is 3. The first-order valence-electron chi connectivity index (χ1n) is 5.15. The van der Waals surface area contributed by atoms with Gasteiger partial charge < -0.3 is 10.1 Å². The number of anilines is 1. The van der Waals surface area contributed by atoms with Crippen LogP contribution in [0, 0.1) is 5.41 Å². The van der Waals surface area contributed by atoms with Gasteiger partial charge in [-0.2, -0.15) is 0 Å². The van der Waals surface area contributed by atoms with Crippen molar-refractivity contribution in [2.75, 3.05) is 18.2 Å². The van der Waals surface area contributed by atoms with Crippen LogP contribution < -0.4 is 10.1 Å². The molecule has 86 valence electrons. The van der Waals surface area contributed by atoms with Gasteiger partial charge in [-0.05, 0) is 12.1 Å². The fourth-order valence-electron chi connectivity index (χ4n) is 1.47. The molecule has 1 aromatic rings. The van der Waals surface area contributed by atoms with E-state index in [0.29, 0.717) is 0 Å². The molecule has 1 aromatic carbocycles. The van der Waals surface area contributed by atoms with Gasteiger partial charge in [-0.3, -0.25) is 4.79 Å². The largest absolute Gasteiger partial charge is 0.497 e. The molecule has 0 saturated heterocycles. The van der Waals surface area contributed by atoms with E-state index in [1.807, 2.05) is 32.0 Å². The van der Waals surface area contributed by atoms with E-state index in [1.165, 1.54) is 0 Å². The van der Waals surface area contributed by atoms with Crippen molar-refractivity contribution < 1.29 is 9.53 Å². The third kappa shape index (κ3) is 2.02. The van der Waals surface area contributed by atoms with Crippen molar-refractivity contribution in [3.8, 4) is 5.75 Å². The first-order valence-corrected chi connectivity index (χ1v) is 6.14. The second-order valence-electron chi connectivity index (χ2n) is 4.49. The van der Waals surface area contributed by atoms with E-state index in [0.717, 1.165) is 22.1 Å². The summed E-state index contributed by atoms with van der Waals surface area (Å²) in [6.07, 6.45) is 0. The number of methoxy groups -OCH3 is 1. The highest BCUT2D eigenvalue weighted by molar-refractivity contribution is 7.99. The number of carbonyl (C=O) groups excluding carboxylic acids is 1. The van der Waals surface area contributed by atoms with Crippen LogP contribution in [0.25, 0.3) is 0 Å². The third-order valence-electron chi connectivity index (χ3n) is 2.64. The molecule has 16 heavy (non-hydrogen) atoms. The summed E-state index contributed by atoms with van der Waals surface area (Å²) in [6, 6.07) is 5.76. The standard InChI is InChI=1S/C12H15NO2S/c1-12(2)7-16-10-5-4-8(15-3)6-9(10)13-11(12)14/h4-6H,7H2,1-3H3,(H,13,14). The number of ether oxygens (including phenoxy) is 1. The van der Waals surface area contributed by atoms with Gasteiger partial charge in [-0.1, -0.05) is 13.8 Å². The minimum absolute atomic E-state index is 0.0620. The van der Waals surface area contributed by atoms with Gasteiger partial charge in [0.15, 0.2) is 0 Å². The van der Waals surface area contributed by atoms with Crippen molar-refractivity contribution in [2.24, 2.45) is 5.41 Å². The first-order chi connectivity index (χ1) is 7.53. The summed E-state index contributed by atoms with van der Waals surface area (Å²) in [5.41, 5.74) is 0.511. The molecule has 0 fully saturated rings. The van der Waals surface area contributed by atoms with Crippen molar-refractivity contribution in [1.82, 2.24) is 0 Å². The quantitative estimate of drug-likeness (QED) is 0.816. The van der Waals surface area contributed by atoms with Gasteiger partial charge in [0.25, 0.3) is 0 Å². The average Bonchev–Trinajstić information content (AvgIpc) is 2.36. The molecule has 0 aliphatic carbocycles. The van der Waals surface area contributed by atoms with Crippen molar-refractivity contribution in [1.29, 1.82) is 0 Å². The van der Waals surface area contributed by atoms with Crippen LogP contribution in [0.2, 0.25) is 0 Å². The summed E-state index contributed by atoms with van der Waals surface area (Å²) < 4.78 is 5.15. The number of nitrogens with one attached hydrogen (secondary N) is 1. The fraction of sp³-hybridized carbons (Fsp3) is 0.417. The van der Waals surface area contributed by atoms with Crippen LogP contribution in [0.4, 0.5) is 5.69 Å². The zero-order valence-corrected chi connectivity index (χ0v) is 10.5. The summed E-state index contributed by atoms with van der Waals surface area (Å²) in [5.74, 6) is 1.62. The Kier molecular flexibility index (Phi) is 2.84. The third-order valence-corrected chi connectivity index (χ3v) is 4.17. The van der Waals surface area contributed by atoms with Crippen molar-refractivity contribution in [3.63, 3.8) is 0 Å². The Morgan fingerprint density at radius 3 is 2.88 bits per heavy atom. The Labute approximate surface area is 99.6 Å². The van der Waals surface area contributed by atoms with Gasteiger partial charge in [0.2, 0.25) is 5.91 Å². The van der Waals surface area contributed by atoms with Crippen molar-refractivity contribution >= 4 is 23.4 Å². The Hall–Kier alpha value is -1.16. The molecule has 1 aliphatic heterocycles. The summed E-state index contributed by atoms with van der Waals surface area (Å²) in [4.78, 5) is 13.0. The zero-order chi connectivity index (χ0) is 11.8. The Bertz CT molecular complexity index is 429. The zero-order valence-electron chi connectivity index (χ0n) is 9.66. The van der Waals surface area contributed by atoms with Gasteiger partial charge in [0.05, 0.1) is 18.2 Å². The van der Waals surface area contributed by atoms with Crippen LogP contribution in [-0.4, -0.2) is 18.8 Å². The van der Waals surface area contributed by atoms with E-state index in [2.05, 4.69) is 5.32 Å². The number of benzene rings is 1. The first kappa shape index (κ1) is 11.3. The normalized spacial score (nSPS) is 18.3. The van der Waals surface area contributed by atoms with E-state index < -0.39 is 0 Å². The smallest absolute Gasteiger partial charge is 0.230 e. The minimum Gasteiger partial charge on any atom is -0.497 e. The predicted molar refractivity (Wildman–Crippen MR) is 66.1 cm³/mol. The number of carbonyl (C=O) groups is 1. The Balaban J connectivity index is 2.37. The van der Waals surface area contributed by atoms with Gasteiger partial charge >= 0.3 is 0 Å². The highest BCUT2D eigenvalue weighted by Gasteiger charge is 2.31. The fourth-order valence-corrected chi connectivity index (χ4v) is 2.55. The summed E-state index contributed by atoms with van der Waals surface area (Å²) in [6.45, 7) is 3.91. The highest BCUT2D eigenvalue weighted by Crippen LogP contribution is 2.38. The highest BCUT2D eigenvalue weighted by atomic mass is 32.2. The molecule has 0 radical (unpaired) electrons. The van der Waals surface area contributed by atoms with Crippen molar-refractivity contribution in [3.05, 3.63) is 18.2 Å². The minimum atomic E-state index is -0.336. The lowest BCUT2D eigenvalue weighted by molar-refractivity contribution is -0.122.